The summed E-state index contributed by atoms with van der Waals surface area (Å²) < 4.78 is 47.8. The molecule has 2 heterocycles. The molecule has 0 spiro atoms. The highest BCUT2D eigenvalue weighted by Crippen LogP contribution is 2.29. The smallest absolute Gasteiger partial charge is 0.449 e. The fourth-order valence-electron chi connectivity index (χ4n) is 1.97. The van der Waals surface area contributed by atoms with Gasteiger partial charge in [0.15, 0.2) is 0 Å². The normalized spacial score (nSPS) is 11.5. The molecule has 0 saturated carbocycles. The van der Waals surface area contributed by atoms with Crippen molar-refractivity contribution in [3.63, 3.8) is 0 Å². The Labute approximate surface area is 139 Å². The number of halogens is 3. The van der Waals surface area contributed by atoms with Crippen molar-refractivity contribution in [3.8, 4) is 11.4 Å². The molecule has 0 N–H and O–H groups in total. The number of benzene rings is 1. The highest BCUT2D eigenvalue weighted by atomic mass is 19.4. The minimum atomic E-state index is -4.68. The van der Waals surface area contributed by atoms with E-state index in [0.29, 0.717) is 12.0 Å². The molecular formula is C15H11F3N4O3. The van der Waals surface area contributed by atoms with E-state index in [-0.39, 0.29) is 12.4 Å². The molecule has 0 aliphatic heterocycles. The minimum Gasteiger partial charge on any atom is -0.449 e. The van der Waals surface area contributed by atoms with Gasteiger partial charge >= 0.3 is 18.2 Å². The average molecular weight is 352 g/mol. The van der Waals surface area contributed by atoms with Gasteiger partial charge in [-0.3, -0.25) is 0 Å². The first-order valence-electron chi connectivity index (χ1n) is 7.09. The molecule has 0 unspecified atom stereocenters. The maximum atomic E-state index is 12.4. The van der Waals surface area contributed by atoms with E-state index >= 15 is 0 Å². The number of alkyl halides is 3. The molecular weight excluding hydrogens is 341 g/mol. The van der Waals surface area contributed by atoms with Gasteiger partial charge in [-0.05, 0) is 5.56 Å². The summed E-state index contributed by atoms with van der Waals surface area (Å²) in [6.07, 6.45) is -0.512. The maximum absolute atomic E-state index is 12.4. The van der Waals surface area contributed by atoms with Crippen LogP contribution in [0.3, 0.4) is 0 Å². The zero-order valence-corrected chi connectivity index (χ0v) is 12.6. The van der Waals surface area contributed by atoms with Gasteiger partial charge in [0.2, 0.25) is 5.82 Å². The number of imidazole rings is 1. The van der Waals surface area contributed by atoms with Crippen LogP contribution in [0.4, 0.5) is 18.0 Å². The molecule has 10 heteroatoms. The Morgan fingerprint density at radius 2 is 2.00 bits per heavy atom. The van der Waals surface area contributed by atoms with Gasteiger partial charge in [-0.15, -0.1) is 0 Å². The third kappa shape index (κ3) is 4.03. The van der Waals surface area contributed by atoms with Gasteiger partial charge < -0.3 is 9.26 Å². The van der Waals surface area contributed by atoms with Crippen molar-refractivity contribution in [1.82, 2.24) is 19.7 Å². The third-order valence-electron chi connectivity index (χ3n) is 3.21. The van der Waals surface area contributed by atoms with Crippen LogP contribution in [0.1, 0.15) is 11.5 Å². The van der Waals surface area contributed by atoms with Crippen LogP contribution in [-0.4, -0.2) is 32.4 Å². The monoisotopic (exact) mass is 352 g/mol. The van der Waals surface area contributed by atoms with E-state index in [9.17, 15) is 18.0 Å². The van der Waals surface area contributed by atoms with Gasteiger partial charge in [-0.1, -0.05) is 29.4 Å². The van der Waals surface area contributed by atoms with Gasteiger partial charge in [0.25, 0.3) is 0 Å². The van der Waals surface area contributed by atoms with Gasteiger partial charge in [0.05, 0.1) is 6.61 Å². The lowest BCUT2D eigenvalue weighted by atomic mass is 10.1. The second kappa shape index (κ2) is 6.75. The molecule has 0 bridgehead atoms. The van der Waals surface area contributed by atoms with Crippen LogP contribution >= 0.6 is 0 Å². The summed E-state index contributed by atoms with van der Waals surface area (Å²) in [4.78, 5) is 18.7. The Kier molecular flexibility index (Phi) is 4.50. The summed E-state index contributed by atoms with van der Waals surface area (Å²) in [7, 11) is 0. The van der Waals surface area contributed by atoms with Crippen LogP contribution in [0.2, 0.25) is 0 Å². The SMILES string of the molecule is O=C(OCCc1ccc(-c2noc(C(F)(F)F)n2)cc1)n1ccnc1. The summed E-state index contributed by atoms with van der Waals surface area (Å²) in [5, 5.41) is 3.31. The van der Waals surface area contributed by atoms with Crippen molar-refractivity contribution in [2.24, 2.45) is 0 Å². The van der Waals surface area contributed by atoms with Crippen molar-refractivity contribution in [3.05, 3.63) is 54.4 Å². The van der Waals surface area contributed by atoms with Crippen LogP contribution in [-0.2, 0) is 17.3 Å². The molecule has 3 rings (SSSR count). The lowest BCUT2D eigenvalue weighted by Crippen LogP contribution is -2.13. The van der Waals surface area contributed by atoms with Crippen LogP contribution in [0, 0.1) is 0 Å². The number of rotatable bonds is 4. The number of carbonyl (C=O) groups excluding carboxylic acids is 1. The molecule has 130 valence electrons. The van der Waals surface area contributed by atoms with E-state index < -0.39 is 18.2 Å². The van der Waals surface area contributed by atoms with E-state index in [0.717, 1.165) is 5.56 Å². The molecule has 0 radical (unpaired) electrons. The van der Waals surface area contributed by atoms with Crippen LogP contribution in [0.25, 0.3) is 11.4 Å². The summed E-state index contributed by atoms with van der Waals surface area (Å²) in [6, 6.07) is 6.50. The maximum Gasteiger partial charge on any atom is 0.471 e. The highest BCUT2D eigenvalue weighted by molar-refractivity contribution is 5.69. The molecule has 0 amide bonds. The van der Waals surface area contributed by atoms with Gasteiger partial charge in [-0.25, -0.2) is 14.3 Å². The van der Waals surface area contributed by atoms with Crippen LogP contribution in [0.5, 0.6) is 0 Å². The zero-order valence-electron chi connectivity index (χ0n) is 12.6. The lowest BCUT2D eigenvalue weighted by Gasteiger charge is -2.05. The van der Waals surface area contributed by atoms with Crippen molar-refractivity contribution < 1.29 is 27.2 Å². The largest absolute Gasteiger partial charge is 0.471 e. The third-order valence-corrected chi connectivity index (χ3v) is 3.21. The van der Waals surface area contributed by atoms with Crippen molar-refractivity contribution in [2.45, 2.75) is 12.6 Å². The Hall–Kier alpha value is -3.17. The predicted molar refractivity (Wildman–Crippen MR) is 77.4 cm³/mol. The molecule has 0 saturated heterocycles. The number of carbonyl (C=O) groups is 1. The summed E-state index contributed by atoms with van der Waals surface area (Å²) in [5.41, 5.74) is 1.22. The number of hydrogen-bond donors (Lipinski definition) is 0. The molecule has 0 aliphatic rings. The quantitative estimate of drug-likeness (QED) is 0.717. The second-order valence-electron chi connectivity index (χ2n) is 4.95. The Morgan fingerprint density at radius 1 is 1.24 bits per heavy atom. The Bertz CT molecular complexity index is 842. The predicted octanol–water partition coefficient (Wildman–Crippen LogP) is 3.18. The summed E-state index contributed by atoms with van der Waals surface area (Å²) in [6.45, 7) is 0.150. The first kappa shape index (κ1) is 16.7. The molecule has 25 heavy (non-hydrogen) atoms. The Balaban J connectivity index is 1.57. The van der Waals surface area contributed by atoms with Crippen LogP contribution in [0.15, 0.2) is 47.5 Å². The molecule has 1 aromatic carbocycles. The van der Waals surface area contributed by atoms with Gasteiger partial charge in [0.1, 0.15) is 6.33 Å². The van der Waals surface area contributed by atoms with Crippen molar-refractivity contribution in [2.75, 3.05) is 6.61 Å². The summed E-state index contributed by atoms with van der Waals surface area (Å²) in [5.74, 6) is -1.54. The van der Waals surface area contributed by atoms with Crippen LogP contribution < -0.4 is 0 Å². The van der Waals surface area contributed by atoms with E-state index in [1.165, 1.54) is 23.3 Å². The number of ether oxygens (including phenoxy) is 1. The van der Waals surface area contributed by atoms with Gasteiger partial charge in [-0.2, -0.15) is 18.2 Å². The first-order chi connectivity index (χ1) is 11.9. The van der Waals surface area contributed by atoms with E-state index in [4.69, 9.17) is 4.74 Å². The minimum absolute atomic E-state index is 0.148. The molecule has 3 aromatic rings. The number of aromatic nitrogens is 4. The highest BCUT2D eigenvalue weighted by Gasteiger charge is 2.38. The lowest BCUT2D eigenvalue weighted by molar-refractivity contribution is -0.159. The number of hydrogen-bond acceptors (Lipinski definition) is 6. The topological polar surface area (TPSA) is 83.0 Å². The molecule has 0 aliphatic carbocycles. The standard InChI is InChI=1S/C15H11F3N4O3/c16-15(17,18)13-20-12(21-25-13)11-3-1-10(2-4-11)5-8-24-14(23)22-7-6-19-9-22/h1-4,6-7,9H,5,8H2. The van der Waals surface area contributed by atoms with Crippen molar-refractivity contribution >= 4 is 6.09 Å². The molecule has 0 atom stereocenters. The number of nitrogens with zero attached hydrogens (tertiary/aromatic N) is 4. The van der Waals surface area contributed by atoms with Gasteiger partial charge in [0, 0.05) is 24.4 Å². The molecule has 0 fully saturated rings. The first-order valence-corrected chi connectivity index (χ1v) is 7.09. The Morgan fingerprint density at radius 3 is 2.60 bits per heavy atom. The molecule has 7 nitrogen and oxygen atoms in total. The fraction of sp³-hybridized carbons (Fsp3) is 0.200. The van der Waals surface area contributed by atoms with E-state index in [1.807, 2.05) is 0 Å². The molecule has 2 aromatic heterocycles. The average Bonchev–Trinajstić information content (AvgIpc) is 3.27. The second-order valence-corrected chi connectivity index (χ2v) is 4.95. The van der Waals surface area contributed by atoms with Crippen molar-refractivity contribution in [1.29, 1.82) is 0 Å². The summed E-state index contributed by atoms with van der Waals surface area (Å²) >= 11 is 0. The zero-order chi connectivity index (χ0) is 17.9. The van der Waals surface area contributed by atoms with E-state index in [1.54, 1.807) is 24.3 Å². The fourth-order valence-corrected chi connectivity index (χ4v) is 1.97. The van der Waals surface area contributed by atoms with E-state index in [2.05, 4.69) is 19.6 Å².